The number of anilines is 1. The van der Waals surface area contributed by atoms with E-state index in [2.05, 4.69) is 15.3 Å². The third kappa shape index (κ3) is 3.78. The summed E-state index contributed by atoms with van der Waals surface area (Å²) in [7, 11) is 1.55. The molecule has 2 aromatic heterocycles. The van der Waals surface area contributed by atoms with Gasteiger partial charge in [0.2, 0.25) is 5.91 Å². The van der Waals surface area contributed by atoms with Crippen molar-refractivity contribution in [2.75, 3.05) is 12.4 Å². The fourth-order valence-electron chi connectivity index (χ4n) is 1.80. The van der Waals surface area contributed by atoms with Gasteiger partial charge in [0.25, 0.3) is 0 Å². The van der Waals surface area contributed by atoms with E-state index in [0.29, 0.717) is 24.4 Å². The van der Waals surface area contributed by atoms with Crippen LogP contribution in [0.2, 0.25) is 0 Å². The molecule has 20 heavy (non-hydrogen) atoms. The van der Waals surface area contributed by atoms with Crippen LogP contribution in [0.4, 0.5) is 5.82 Å². The van der Waals surface area contributed by atoms with Crippen molar-refractivity contribution in [3.63, 3.8) is 0 Å². The van der Waals surface area contributed by atoms with Crippen LogP contribution in [0.1, 0.15) is 17.7 Å². The van der Waals surface area contributed by atoms with Crippen molar-refractivity contribution >= 4 is 11.7 Å². The van der Waals surface area contributed by atoms with Gasteiger partial charge in [0.15, 0.2) is 11.6 Å². The number of hydrogen-bond acceptors (Lipinski definition) is 4. The largest absolute Gasteiger partial charge is 0.493 e. The van der Waals surface area contributed by atoms with E-state index in [1.54, 1.807) is 25.6 Å². The molecule has 0 saturated heterocycles. The summed E-state index contributed by atoms with van der Waals surface area (Å²) in [5.74, 6) is 0.930. The Morgan fingerprint density at radius 2 is 2.20 bits per heavy atom. The van der Waals surface area contributed by atoms with Crippen molar-refractivity contribution in [1.29, 1.82) is 0 Å². The van der Waals surface area contributed by atoms with E-state index in [1.165, 1.54) is 0 Å². The molecule has 0 aliphatic rings. The number of ether oxygens (including phenoxy) is 1. The van der Waals surface area contributed by atoms with Gasteiger partial charge in [-0.1, -0.05) is 6.07 Å². The number of nitrogens with zero attached hydrogens (tertiary/aromatic N) is 2. The van der Waals surface area contributed by atoms with Crippen molar-refractivity contribution in [2.24, 2.45) is 0 Å². The highest BCUT2D eigenvalue weighted by Crippen LogP contribution is 2.21. The normalized spacial score (nSPS) is 10.1. The lowest BCUT2D eigenvalue weighted by molar-refractivity contribution is -0.116. The Bertz CT molecular complexity index is 585. The van der Waals surface area contributed by atoms with E-state index in [0.717, 1.165) is 11.3 Å². The van der Waals surface area contributed by atoms with Gasteiger partial charge in [-0.3, -0.25) is 9.78 Å². The van der Waals surface area contributed by atoms with Gasteiger partial charge in [-0.25, -0.2) is 4.98 Å². The number of pyridine rings is 2. The molecule has 1 amide bonds. The Labute approximate surface area is 118 Å². The Hall–Kier alpha value is -2.43. The predicted octanol–water partition coefficient (Wildman–Crippen LogP) is 2.36. The number of aryl methyl sites for hydroxylation is 2. The van der Waals surface area contributed by atoms with Gasteiger partial charge < -0.3 is 10.1 Å². The Kier molecular flexibility index (Phi) is 4.65. The second-order valence-corrected chi connectivity index (χ2v) is 4.41. The van der Waals surface area contributed by atoms with Crippen molar-refractivity contribution in [2.45, 2.75) is 19.8 Å². The molecule has 0 bridgehead atoms. The highest BCUT2D eigenvalue weighted by atomic mass is 16.5. The molecule has 5 heteroatoms. The summed E-state index contributed by atoms with van der Waals surface area (Å²) in [5.41, 5.74) is 1.86. The first kappa shape index (κ1) is 14.0. The fourth-order valence-corrected chi connectivity index (χ4v) is 1.80. The minimum atomic E-state index is -0.0924. The quantitative estimate of drug-likeness (QED) is 0.906. The summed E-state index contributed by atoms with van der Waals surface area (Å²) in [4.78, 5) is 20.2. The van der Waals surface area contributed by atoms with Gasteiger partial charge >= 0.3 is 0 Å². The summed E-state index contributed by atoms with van der Waals surface area (Å²) < 4.78 is 5.18. The second-order valence-electron chi connectivity index (χ2n) is 4.41. The molecule has 0 saturated carbocycles. The highest BCUT2D eigenvalue weighted by molar-refractivity contribution is 5.91. The maximum absolute atomic E-state index is 11.9. The van der Waals surface area contributed by atoms with E-state index in [-0.39, 0.29) is 5.91 Å². The molecule has 104 valence electrons. The van der Waals surface area contributed by atoms with Gasteiger partial charge in [-0.2, -0.15) is 0 Å². The lowest BCUT2D eigenvalue weighted by Gasteiger charge is -2.09. The van der Waals surface area contributed by atoms with Crippen LogP contribution in [0.25, 0.3) is 0 Å². The molecule has 0 atom stereocenters. The summed E-state index contributed by atoms with van der Waals surface area (Å²) in [6.07, 6.45) is 4.50. The third-order valence-corrected chi connectivity index (χ3v) is 2.84. The number of aromatic nitrogens is 2. The van der Waals surface area contributed by atoms with E-state index in [4.69, 9.17) is 4.74 Å². The Morgan fingerprint density at radius 1 is 1.35 bits per heavy atom. The number of nitrogens with one attached hydrogen (secondary N) is 1. The zero-order valence-electron chi connectivity index (χ0n) is 11.6. The van der Waals surface area contributed by atoms with Crippen LogP contribution in [-0.4, -0.2) is 23.0 Å². The summed E-state index contributed by atoms with van der Waals surface area (Å²) in [5, 5.41) is 2.78. The smallest absolute Gasteiger partial charge is 0.225 e. The molecule has 2 rings (SSSR count). The molecule has 0 fully saturated rings. The van der Waals surface area contributed by atoms with Crippen LogP contribution in [0.15, 0.2) is 36.7 Å². The molecule has 0 aliphatic carbocycles. The first-order valence-corrected chi connectivity index (χ1v) is 6.39. The summed E-state index contributed by atoms with van der Waals surface area (Å²) in [6, 6.07) is 7.44. The number of hydrogen-bond donors (Lipinski definition) is 1. The zero-order chi connectivity index (χ0) is 14.4. The van der Waals surface area contributed by atoms with Crippen LogP contribution in [0.3, 0.4) is 0 Å². The van der Waals surface area contributed by atoms with Gasteiger partial charge in [-0.15, -0.1) is 0 Å². The monoisotopic (exact) mass is 271 g/mol. The molecule has 2 heterocycles. The summed E-state index contributed by atoms with van der Waals surface area (Å²) >= 11 is 0. The molecular formula is C15H17N3O2. The van der Waals surface area contributed by atoms with Crippen LogP contribution in [-0.2, 0) is 11.2 Å². The van der Waals surface area contributed by atoms with Crippen LogP contribution < -0.4 is 10.1 Å². The number of rotatable bonds is 5. The number of carbonyl (C=O) groups is 1. The van der Waals surface area contributed by atoms with E-state index in [1.807, 2.05) is 25.1 Å². The van der Waals surface area contributed by atoms with Crippen LogP contribution >= 0.6 is 0 Å². The number of methoxy groups -OCH3 is 1. The molecule has 0 radical (unpaired) electrons. The van der Waals surface area contributed by atoms with Crippen LogP contribution in [0, 0.1) is 6.92 Å². The standard InChI is InChI=1S/C15H17N3O2/c1-11-5-7-13(20-2)15(17-11)18-14(19)8-6-12-4-3-9-16-10-12/h3-5,7,9-10H,6,8H2,1-2H3,(H,17,18,19). The fraction of sp³-hybridized carbons (Fsp3) is 0.267. The molecule has 2 aromatic rings. The SMILES string of the molecule is COc1ccc(C)nc1NC(=O)CCc1cccnc1. The van der Waals surface area contributed by atoms with E-state index < -0.39 is 0 Å². The van der Waals surface area contributed by atoms with Crippen molar-refractivity contribution < 1.29 is 9.53 Å². The second kappa shape index (κ2) is 6.65. The van der Waals surface area contributed by atoms with Crippen molar-refractivity contribution in [1.82, 2.24) is 9.97 Å². The Balaban J connectivity index is 1.96. The number of amides is 1. The molecule has 0 unspecified atom stereocenters. The number of carbonyl (C=O) groups excluding carboxylic acids is 1. The topological polar surface area (TPSA) is 64.1 Å². The van der Waals surface area contributed by atoms with Crippen molar-refractivity contribution in [3.8, 4) is 5.75 Å². The third-order valence-electron chi connectivity index (χ3n) is 2.84. The van der Waals surface area contributed by atoms with E-state index in [9.17, 15) is 4.79 Å². The lowest BCUT2D eigenvalue weighted by atomic mass is 10.1. The van der Waals surface area contributed by atoms with Gasteiger partial charge in [-0.05, 0) is 37.1 Å². The molecule has 5 nitrogen and oxygen atoms in total. The highest BCUT2D eigenvalue weighted by Gasteiger charge is 2.09. The van der Waals surface area contributed by atoms with E-state index >= 15 is 0 Å². The first-order valence-electron chi connectivity index (χ1n) is 6.39. The Morgan fingerprint density at radius 3 is 2.90 bits per heavy atom. The first-order chi connectivity index (χ1) is 9.69. The lowest BCUT2D eigenvalue weighted by Crippen LogP contribution is -2.14. The van der Waals surface area contributed by atoms with Crippen LogP contribution in [0.5, 0.6) is 5.75 Å². The van der Waals surface area contributed by atoms with Gasteiger partial charge in [0.1, 0.15) is 0 Å². The maximum Gasteiger partial charge on any atom is 0.225 e. The van der Waals surface area contributed by atoms with Gasteiger partial charge in [0.05, 0.1) is 7.11 Å². The zero-order valence-corrected chi connectivity index (χ0v) is 11.6. The van der Waals surface area contributed by atoms with Crippen molar-refractivity contribution in [3.05, 3.63) is 47.9 Å². The predicted molar refractivity (Wildman–Crippen MR) is 76.7 cm³/mol. The molecule has 0 spiro atoms. The van der Waals surface area contributed by atoms with Gasteiger partial charge in [0, 0.05) is 24.5 Å². The summed E-state index contributed by atoms with van der Waals surface area (Å²) in [6.45, 7) is 1.87. The molecule has 1 N–H and O–H groups in total. The minimum Gasteiger partial charge on any atom is -0.493 e. The average Bonchev–Trinajstić information content (AvgIpc) is 2.46. The maximum atomic E-state index is 11.9. The molecular weight excluding hydrogens is 254 g/mol. The average molecular weight is 271 g/mol. The minimum absolute atomic E-state index is 0.0924. The molecule has 0 aromatic carbocycles. The molecule has 0 aliphatic heterocycles.